The van der Waals surface area contributed by atoms with Crippen LogP contribution in [-0.2, 0) is 6.42 Å². The van der Waals surface area contributed by atoms with Crippen molar-refractivity contribution in [3.05, 3.63) is 36.3 Å². The summed E-state index contributed by atoms with van der Waals surface area (Å²) in [7, 11) is 0. The Balaban J connectivity index is 1.85. The van der Waals surface area contributed by atoms with Crippen molar-refractivity contribution in [2.45, 2.75) is 65.4 Å². The molecule has 22 heavy (non-hydrogen) atoms. The van der Waals surface area contributed by atoms with Crippen LogP contribution in [0.3, 0.4) is 0 Å². The summed E-state index contributed by atoms with van der Waals surface area (Å²) in [5.41, 5.74) is 2.81. The first kappa shape index (κ1) is 15.9. The quantitative estimate of drug-likeness (QED) is 0.799. The van der Waals surface area contributed by atoms with E-state index >= 15 is 0 Å². The van der Waals surface area contributed by atoms with Gasteiger partial charge in [0.2, 0.25) is 0 Å². The molecule has 2 nitrogen and oxygen atoms in total. The Morgan fingerprint density at radius 2 is 2.09 bits per heavy atom. The molecular formula is C20H30O2. The molecule has 1 aromatic heterocycles. The maximum atomic E-state index is 10.3. The summed E-state index contributed by atoms with van der Waals surface area (Å²) in [6.07, 6.45) is 10.0. The number of fused-ring (bicyclic) bond motifs is 1. The van der Waals surface area contributed by atoms with Gasteiger partial charge >= 0.3 is 0 Å². The van der Waals surface area contributed by atoms with E-state index in [0.29, 0.717) is 11.3 Å². The SMILES string of the molecule is C=C1[C@@H](O)CC[C@@H]2[C@@](C)(CCc3ccoc3)[C@H](C)CC[C@@]12C. The van der Waals surface area contributed by atoms with Gasteiger partial charge in [-0.05, 0) is 78.4 Å². The van der Waals surface area contributed by atoms with E-state index < -0.39 is 0 Å². The summed E-state index contributed by atoms with van der Waals surface area (Å²) in [6, 6.07) is 2.08. The van der Waals surface area contributed by atoms with Crippen molar-refractivity contribution in [1.82, 2.24) is 0 Å². The summed E-state index contributed by atoms with van der Waals surface area (Å²) in [6.45, 7) is 11.5. The highest BCUT2D eigenvalue weighted by molar-refractivity contribution is 5.23. The van der Waals surface area contributed by atoms with E-state index in [2.05, 4.69) is 33.4 Å². The van der Waals surface area contributed by atoms with Crippen LogP contribution >= 0.6 is 0 Å². The molecule has 2 aliphatic rings. The first-order chi connectivity index (χ1) is 10.4. The highest BCUT2D eigenvalue weighted by Gasteiger charge is 2.55. The summed E-state index contributed by atoms with van der Waals surface area (Å²) in [4.78, 5) is 0. The Labute approximate surface area is 134 Å². The zero-order chi connectivity index (χ0) is 16.0. The fourth-order valence-electron chi connectivity index (χ4n) is 5.27. The number of furan rings is 1. The average molecular weight is 302 g/mol. The number of aliphatic hydroxyl groups is 1. The molecule has 0 aliphatic heterocycles. The van der Waals surface area contributed by atoms with Crippen LogP contribution in [0.1, 0.15) is 58.4 Å². The van der Waals surface area contributed by atoms with Crippen molar-refractivity contribution in [3.63, 3.8) is 0 Å². The number of hydrogen-bond donors (Lipinski definition) is 1. The smallest absolute Gasteiger partial charge is 0.0934 e. The minimum atomic E-state index is -0.298. The van der Waals surface area contributed by atoms with E-state index in [9.17, 15) is 5.11 Å². The minimum absolute atomic E-state index is 0.106. The second-order valence-electron chi connectivity index (χ2n) is 8.17. The molecular weight excluding hydrogens is 272 g/mol. The summed E-state index contributed by atoms with van der Waals surface area (Å²) in [5.74, 6) is 1.35. The van der Waals surface area contributed by atoms with Gasteiger partial charge in [0.1, 0.15) is 0 Å². The largest absolute Gasteiger partial charge is 0.472 e. The third kappa shape index (κ3) is 2.36. The molecule has 1 aromatic rings. The minimum Gasteiger partial charge on any atom is -0.472 e. The second kappa shape index (κ2) is 5.56. The highest BCUT2D eigenvalue weighted by atomic mass is 16.3. The third-order valence-corrected chi connectivity index (χ3v) is 7.18. The van der Waals surface area contributed by atoms with Crippen molar-refractivity contribution in [2.24, 2.45) is 22.7 Å². The van der Waals surface area contributed by atoms with Gasteiger partial charge in [-0.2, -0.15) is 0 Å². The first-order valence-corrected chi connectivity index (χ1v) is 8.76. The van der Waals surface area contributed by atoms with Gasteiger partial charge in [-0.3, -0.25) is 0 Å². The zero-order valence-electron chi connectivity index (χ0n) is 14.3. The van der Waals surface area contributed by atoms with Crippen molar-refractivity contribution in [2.75, 3.05) is 0 Å². The lowest BCUT2D eigenvalue weighted by molar-refractivity contribution is -0.0731. The predicted octanol–water partition coefficient (Wildman–Crippen LogP) is 4.98. The molecule has 2 fully saturated rings. The molecule has 0 aromatic carbocycles. The molecule has 0 radical (unpaired) electrons. The fourth-order valence-corrected chi connectivity index (χ4v) is 5.27. The van der Waals surface area contributed by atoms with E-state index in [1.54, 1.807) is 6.26 Å². The molecule has 0 saturated heterocycles. The lowest BCUT2D eigenvalue weighted by Gasteiger charge is -2.59. The summed E-state index contributed by atoms with van der Waals surface area (Å²) in [5, 5.41) is 10.3. The van der Waals surface area contributed by atoms with Crippen molar-refractivity contribution in [1.29, 1.82) is 0 Å². The Hall–Kier alpha value is -1.02. The Morgan fingerprint density at radius 1 is 1.32 bits per heavy atom. The molecule has 0 spiro atoms. The predicted molar refractivity (Wildman–Crippen MR) is 89.5 cm³/mol. The van der Waals surface area contributed by atoms with E-state index in [4.69, 9.17) is 4.42 Å². The maximum Gasteiger partial charge on any atom is 0.0934 e. The van der Waals surface area contributed by atoms with Crippen molar-refractivity contribution in [3.8, 4) is 0 Å². The van der Waals surface area contributed by atoms with Crippen molar-refractivity contribution >= 4 is 0 Å². The van der Waals surface area contributed by atoms with Gasteiger partial charge in [-0.1, -0.05) is 27.4 Å². The topological polar surface area (TPSA) is 33.4 Å². The molecule has 5 atom stereocenters. The van der Waals surface area contributed by atoms with Crippen LogP contribution in [0.25, 0.3) is 0 Å². The fraction of sp³-hybridized carbons (Fsp3) is 0.700. The average Bonchev–Trinajstić information content (AvgIpc) is 3.00. The van der Waals surface area contributed by atoms with Gasteiger partial charge in [0.15, 0.2) is 0 Å². The number of aryl methyl sites for hydroxylation is 1. The molecule has 2 aliphatic carbocycles. The summed E-state index contributed by atoms with van der Waals surface area (Å²) < 4.78 is 5.22. The van der Waals surface area contributed by atoms with E-state index in [-0.39, 0.29) is 11.5 Å². The standard InChI is InChI=1S/C20H30O2/c1-14-7-10-20(4)15(2)17(21)5-6-18(20)19(14,3)11-8-16-9-12-22-13-16/h9,12-14,17-18,21H,2,5-8,10-11H2,1,3-4H3/t14-,17+,18-,19+,20+/m1/s1. The molecule has 0 amide bonds. The lowest BCUT2D eigenvalue weighted by atomic mass is 9.46. The van der Waals surface area contributed by atoms with E-state index in [1.807, 2.05) is 6.26 Å². The highest BCUT2D eigenvalue weighted by Crippen LogP contribution is 2.62. The first-order valence-electron chi connectivity index (χ1n) is 8.76. The van der Waals surface area contributed by atoms with Crippen LogP contribution in [0.2, 0.25) is 0 Å². The Bertz CT molecular complexity index is 532. The van der Waals surface area contributed by atoms with Crippen LogP contribution in [-0.4, -0.2) is 11.2 Å². The van der Waals surface area contributed by atoms with Gasteiger partial charge < -0.3 is 9.52 Å². The van der Waals surface area contributed by atoms with Crippen LogP contribution in [0.5, 0.6) is 0 Å². The van der Waals surface area contributed by atoms with Crippen molar-refractivity contribution < 1.29 is 9.52 Å². The monoisotopic (exact) mass is 302 g/mol. The second-order valence-corrected chi connectivity index (χ2v) is 8.17. The number of rotatable bonds is 3. The number of aliphatic hydroxyl groups excluding tert-OH is 1. The van der Waals surface area contributed by atoms with Crippen LogP contribution < -0.4 is 0 Å². The molecule has 122 valence electrons. The van der Waals surface area contributed by atoms with Gasteiger partial charge in [0.05, 0.1) is 18.6 Å². The molecule has 0 bridgehead atoms. The van der Waals surface area contributed by atoms with Gasteiger partial charge in [-0.25, -0.2) is 0 Å². The van der Waals surface area contributed by atoms with Gasteiger partial charge in [-0.15, -0.1) is 0 Å². The molecule has 0 unspecified atom stereocenters. The van der Waals surface area contributed by atoms with Gasteiger partial charge in [0, 0.05) is 0 Å². The molecule has 3 rings (SSSR count). The van der Waals surface area contributed by atoms with Crippen LogP contribution in [0, 0.1) is 22.7 Å². The van der Waals surface area contributed by atoms with Gasteiger partial charge in [0.25, 0.3) is 0 Å². The lowest BCUT2D eigenvalue weighted by Crippen LogP contribution is -2.52. The maximum absolute atomic E-state index is 10.3. The Kier molecular flexibility index (Phi) is 4.01. The third-order valence-electron chi connectivity index (χ3n) is 7.18. The molecule has 1 heterocycles. The zero-order valence-corrected chi connectivity index (χ0v) is 14.3. The molecule has 2 saturated carbocycles. The van der Waals surface area contributed by atoms with Crippen LogP contribution in [0.4, 0.5) is 0 Å². The summed E-state index contributed by atoms with van der Waals surface area (Å²) >= 11 is 0. The normalized spacial score (nSPS) is 42.2. The van der Waals surface area contributed by atoms with E-state index in [1.165, 1.54) is 24.8 Å². The Morgan fingerprint density at radius 3 is 2.77 bits per heavy atom. The van der Waals surface area contributed by atoms with Crippen LogP contribution in [0.15, 0.2) is 35.2 Å². The molecule has 1 N–H and O–H groups in total. The van der Waals surface area contributed by atoms with E-state index in [0.717, 1.165) is 30.8 Å². The number of hydrogen-bond acceptors (Lipinski definition) is 2. The molecule has 2 heteroatoms.